The fraction of sp³-hybridized carbons (Fsp3) is 0.324. The van der Waals surface area contributed by atoms with Crippen LogP contribution in [-0.2, 0) is 50.9 Å². The van der Waals surface area contributed by atoms with Crippen LogP contribution < -0.4 is 33.8 Å². The van der Waals surface area contributed by atoms with Crippen molar-refractivity contribution >= 4 is 118 Å². The van der Waals surface area contributed by atoms with Gasteiger partial charge in [0.15, 0.2) is 11.6 Å². The molecule has 13 N–H and O–H groups in total. The van der Waals surface area contributed by atoms with Gasteiger partial charge in [0.2, 0.25) is 11.8 Å². The number of para-hydroxylation sites is 1. The topological polar surface area (TPSA) is 294 Å². The normalized spacial score (nSPS) is 14.1. The Kier molecular flexibility index (Phi) is 40.2. The Morgan fingerprint density at radius 1 is 0.598 bits per heavy atom. The Balaban J connectivity index is 0.000000788. The number of aliphatic carboxylic acids is 2. The lowest BCUT2D eigenvalue weighted by Crippen LogP contribution is -2.60. The number of hydrogen-bond acceptors (Lipinski definition) is 18. The van der Waals surface area contributed by atoms with Crippen LogP contribution in [0.5, 0.6) is 0 Å². The van der Waals surface area contributed by atoms with Crippen molar-refractivity contribution in [1.29, 1.82) is 0 Å². The van der Waals surface area contributed by atoms with Crippen molar-refractivity contribution in [3.8, 4) is 0 Å². The number of carboxylic acid groups (broad SMARTS) is 2. The highest BCUT2D eigenvalue weighted by molar-refractivity contribution is 8.92. The van der Waals surface area contributed by atoms with E-state index in [0.717, 1.165) is 56.3 Å². The summed E-state index contributed by atoms with van der Waals surface area (Å²) in [5.41, 5.74) is 22.0. The van der Waals surface area contributed by atoms with Gasteiger partial charge in [-0.3, -0.25) is 33.6 Å². The number of carbonyl (C=O) groups is 6. The van der Waals surface area contributed by atoms with Crippen LogP contribution in [0.2, 0.25) is 0 Å². The molecule has 23 heteroatoms. The number of carbonyl (C=O) groups excluding carboxylic acids is 4. The molecule has 0 aliphatic carbocycles. The van der Waals surface area contributed by atoms with Crippen LogP contribution in [0.4, 0.5) is 0 Å². The molecule has 97 heavy (non-hydrogen) atoms. The molecule has 0 unspecified atom stereocenters. The van der Waals surface area contributed by atoms with Gasteiger partial charge >= 0.3 is 11.9 Å². The second-order valence-corrected chi connectivity index (χ2v) is 27.0. The first kappa shape index (κ1) is 88.2. The molecule has 0 radical (unpaired) electrons. The van der Waals surface area contributed by atoms with Gasteiger partial charge in [-0.1, -0.05) is 251 Å². The lowest BCUT2D eigenvalue weighted by atomic mass is 9.64. The van der Waals surface area contributed by atoms with Crippen molar-refractivity contribution in [2.24, 2.45) is 11.5 Å². The fourth-order valence-electron chi connectivity index (χ4n) is 10.8. The largest absolute Gasteiger partial charge is 0.481 e. The van der Waals surface area contributed by atoms with Crippen LogP contribution in [0.25, 0.3) is 10.9 Å². The number of carboxylic acids is 2. The SMILES string of the molecule is C.C.C.C.C1SS1.CC(C)(C)ON[C@@H](CC(=O)O)C(=O)O.N.NC(=O)[C@H](CS)NC(=O)[C@@H]1CCCN1N[C@@H](Cc1c[nH]c2ccccc12)C(=O)C(c1ccccc1)(c1ccccc1)c1ccccc1.N[C@@H](CS)C(=O)C(c1ccccc1)(c1ccccc1)c1ccccc1.SCS. The number of benzene rings is 7. The smallest absolute Gasteiger partial charge is 0.323 e. The summed E-state index contributed by atoms with van der Waals surface area (Å²) in [5, 5.41) is 24.6. The summed E-state index contributed by atoms with van der Waals surface area (Å²) in [4.78, 5) is 83.9. The zero-order chi connectivity index (χ0) is 66.7. The monoisotopic (exact) mass is 1440 g/mol. The highest BCUT2D eigenvalue weighted by Gasteiger charge is 2.49. The number of Topliss-reactive ketones (excluding diaryl/α,β-unsaturated/α-hetero) is 2. The number of primary amides is 1. The molecule has 0 saturated carbocycles. The number of fused-ring (bicyclic) bond motifs is 1. The number of H-pyrrole nitrogens is 1. The van der Waals surface area contributed by atoms with E-state index >= 15 is 4.79 Å². The van der Waals surface area contributed by atoms with Gasteiger partial charge in [-0.2, -0.15) is 56.0 Å². The summed E-state index contributed by atoms with van der Waals surface area (Å²) in [6, 6.07) is 63.1. The van der Waals surface area contributed by atoms with Crippen LogP contribution in [0, 0.1) is 0 Å². The van der Waals surface area contributed by atoms with Crippen molar-refractivity contribution in [3.63, 3.8) is 0 Å². The minimum Gasteiger partial charge on any atom is -0.481 e. The molecular weight excluding hydrogens is 1340 g/mol. The number of aromatic amines is 1. The van der Waals surface area contributed by atoms with E-state index in [2.05, 4.69) is 77.8 Å². The number of nitrogens with one attached hydrogen (secondary N) is 4. The Labute approximate surface area is 604 Å². The highest BCUT2D eigenvalue weighted by Crippen LogP contribution is 2.44. The summed E-state index contributed by atoms with van der Waals surface area (Å²) in [5.74, 6) is -3.12. The molecule has 2 aliphatic rings. The van der Waals surface area contributed by atoms with Crippen LogP contribution in [-0.4, -0.2) is 120 Å². The summed E-state index contributed by atoms with van der Waals surface area (Å²) in [7, 11) is 3.83. The van der Waals surface area contributed by atoms with Gasteiger partial charge in [0.25, 0.3) is 0 Å². The summed E-state index contributed by atoms with van der Waals surface area (Å²) in [6.45, 7) is 5.71. The fourth-order valence-corrected chi connectivity index (χ4v) is 11.2. The molecule has 0 bridgehead atoms. The van der Waals surface area contributed by atoms with Gasteiger partial charge in [0.1, 0.15) is 29.0 Å². The summed E-state index contributed by atoms with van der Waals surface area (Å²) >= 11 is 15.8. The van der Waals surface area contributed by atoms with E-state index in [1.54, 1.807) is 20.8 Å². The third kappa shape index (κ3) is 24.5. The first-order valence-corrected chi connectivity index (χ1v) is 34.7. The van der Waals surface area contributed by atoms with Gasteiger partial charge in [0.05, 0.1) is 29.2 Å². The van der Waals surface area contributed by atoms with Gasteiger partial charge in [-0.25, -0.2) is 10.4 Å². The number of thiol groups is 4. The maximum atomic E-state index is 15.7. The first-order valence-electron chi connectivity index (χ1n) is 29.7. The second kappa shape index (κ2) is 44.2. The summed E-state index contributed by atoms with van der Waals surface area (Å²) in [6.07, 6.45) is 3.10. The van der Waals surface area contributed by atoms with E-state index in [0.29, 0.717) is 30.2 Å². The van der Waals surface area contributed by atoms with E-state index in [-0.39, 0.29) is 59.1 Å². The lowest BCUT2D eigenvalue weighted by molar-refractivity contribution is -0.156. The van der Waals surface area contributed by atoms with Crippen molar-refractivity contribution < 1.29 is 43.8 Å². The molecule has 2 saturated heterocycles. The number of hydrazine groups is 1. The average Bonchev–Trinajstić information content (AvgIpc) is 1.74. The third-order valence-electron chi connectivity index (χ3n) is 15.0. The molecule has 0 spiro atoms. The number of hydroxylamine groups is 1. The quantitative estimate of drug-likeness (QED) is 0.00668. The Hall–Kier alpha value is -6.84. The number of aromatic nitrogens is 1. The van der Waals surface area contributed by atoms with E-state index in [1.807, 2.05) is 233 Å². The van der Waals surface area contributed by atoms with Crippen molar-refractivity contribution in [1.82, 2.24) is 32.4 Å². The van der Waals surface area contributed by atoms with Gasteiger partial charge < -0.3 is 38.1 Å². The van der Waals surface area contributed by atoms with E-state index in [9.17, 15) is 24.0 Å². The van der Waals surface area contributed by atoms with Crippen molar-refractivity contribution in [2.45, 2.75) is 123 Å². The van der Waals surface area contributed by atoms with Crippen LogP contribution in [0.3, 0.4) is 0 Å². The van der Waals surface area contributed by atoms with Crippen molar-refractivity contribution in [2.75, 3.05) is 28.2 Å². The Morgan fingerprint density at radius 3 is 1.32 bits per heavy atom. The highest BCUT2D eigenvalue weighted by atomic mass is 33.2. The predicted octanol–water partition coefficient (Wildman–Crippen LogP) is 13.5. The molecular formula is C74H100N8O9S6. The maximum absolute atomic E-state index is 15.7. The molecule has 2 aliphatic heterocycles. The number of hydrogen-bond donors (Lipinski definition) is 13. The lowest BCUT2D eigenvalue weighted by Gasteiger charge is -2.39. The molecule has 17 nitrogen and oxygen atoms in total. The van der Waals surface area contributed by atoms with Crippen LogP contribution in [0.15, 0.2) is 212 Å². The van der Waals surface area contributed by atoms with E-state index in [1.165, 1.54) is 5.08 Å². The molecule has 5 atom stereocenters. The first-order chi connectivity index (χ1) is 44.3. The molecule has 7 aromatic carbocycles. The minimum atomic E-state index is -1.25. The molecule has 1 aromatic heterocycles. The van der Waals surface area contributed by atoms with E-state index < -0.39 is 70.9 Å². The number of ketones is 2. The van der Waals surface area contributed by atoms with Crippen molar-refractivity contribution in [3.05, 3.63) is 251 Å². The molecule has 3 heterocycles. The number of nitrogens with zero attached hydrogens (tertiary/aromatic N) is 1. The van der Waals surface area contributed by atoms with Crippen LogP contribution >= 0.6 is 72.1 Å². The molecule has 526 valence electrons. The number of nitrogens with two attached hydrogens (primary N) is 2. The maximum Gasteiger partial charge on any atom is 0.323 e. The van der Waals surface area contributed by atoms with Gasteiger partial charge in [-0.15, -0.1) is 0 Å². The molecule has 10 rings (SSSR count). The Morgan fingerprint density at radius 2 is 0.979 bits per heavy atom. The zero-order valence-corrected chi connectivity index (χ0v) is 57.3. The third-order valence-corrected chi connectivity index (χ3v) is 16.7. The molecule has 2 amide bonds. The second-order valence-electron chi connectivity index (χ2n) is 22.3. The van der Waals surface area contributed by atoms with Gasteiger partial charge in [0, 0.05) is 40.2 Å². The standard InChI is InChI=1S/C38H39N5O3S.C22H21NOS.C8H15NO5.CH2S2.CH4S2.4CH4.H3N/c39-36(45)33(25-47)41-37(46)34-21-12-22-43(34)42-32(23-26-24-40-31-20-11-10-19-30(26)31)35(44)38(27-13-4-1-5-14-27,28-15-6-2-7-16-28)29-17-8-3-9-18-29;23-20(16-25)21(24)22(17-10-4-1-5-11-17,18-12-6-2-7-13-18)19-14-8-3-9-15-19;1-8(2,3)14-9-5(7(12)13)4-6(10)11;1-2-3-1;2-1-3;;;;;/h1-11,13-20,24,32-34,40,42,47H,12,21-23,25H2,(H2,39,45)(H,41,46);1-15,20,25H,16,23H2;5,9H,4H2,1-3H3,(H,10,11)(H,12,13);1H2;2-3H,1H2;4*1H4;1H3/t32-,33-,34-;20-;5-;;;;;;;/m000......./s1. The zero-order valence-electron chi connectivity index (χ0n) is 52.1. The number of amides is 2. The molecule has 8 aromatic rings. The summed E-state index contributed by atoms with van der Waals surface area (Å²) < 4.78 is 0. The van der Waals surface area contributed by atoms with Crippen LogP contribution in [0.1, 0.15) is 109 Å². The number of rotatable bonds is 24. The predicted molar refractivity (Wildman–Crippen MR) is 416 cm³/mol. The Bertz CT molecular complexity index is 3390. The average molecular weight is 1440 g/mol. The molecule has 2 fully saturated rings. The van der Waals surface area contributed by atoms with E-state index in [4.69, 9.17) is 26.5 Å². The van der Waals surface area contributed by atoms with Gasteiger partial charge in [-0.05, 0) is 85.0 Å². The minimum absolute atomic E-state index is 0.